The molecule has 1 nitrogen and oxygen atoms in total. The Labute approximate surface area is 111 Å². The summed E-state index contributed by atoms with van der Waals surface area (Å²) in [6.07, 6.45) is -2.96. The van der Waals surface area contributed by atoms with Gasteiger partial charge in [0.2, 0.25) is 0 Å². The molecule has 0 spiro atoms. The minimum absolute atomic E-state index is 0.0754. The first-order chi connectivity index (χ1) is 8.39. The molecule has 0 N–H and O–H groups in total. The van der Waals surface area contributed by atoms with Crippen LogP contribution in [0.25, 0.3) is 11.3 Å². The van der Waals surface area contributed by atoms with Crippen molar-refractivity contribution >= 4 is 23.2 Å². The molecule has 2 rings (SSSR count). The summed E-state index contributed by atoms with van der Waals surface area (Å²) in [5, 5.41) is -0.151. The molecular formula is C12H6Cl2F3N. The second-order valence-electron chi connectivity index (χ2n) is 3.53. The normalized spacial score (nSPS) is 11.6. The summed E-state index contributed by atoms with van der Waals surface area (Å²) in [6.45, 7) is 0. The van der Waals surface area contributed by atoms with Crippen LogP contribution < -0.4 is 0 Å². The fourth-order valence-corrected chi connectivity index (χ4v) is 2.17. The molecule has 0 radical (unpaired) electrons. The summed E-state index contributed by atoms with van der Waals surface area (Å²) >= 11 is 11.7. The van der Waals surface area contributed by atoms with E-state index in [0.29, 0.717) is 11.3 Å². The zero-order chi connectivity index (χ0) is 13.3. The van der Waals surface area contributed by atoms with E-state index in [-0.39, 0.29) is 10.0 Å². The van der Waals surface area contributed by atoms with Crippen LogP contribution in [0, 0.1) is 0 Å². The van der Waals surface area contributed by atoms with Crippen molar-refractivity contribution in [2.75, 3.05) is 0 Å². The Hall–Kier alpha value is -1.26. The molecule has 0 fully saturated rings. The summed E-state index contributed by atoms with van der Waals surface area (Å²) in [4.78, 5) is 4.01. The van der Waals surface area contributed by atoms with Gasteiger partial charge in [-0.05, 0) is 24.3 Å². The van der Waals surface area contributed by atoms with Gasteiger partial charge in [0.1, 0.15) is 0 Å². The molecule has 94 valence electrons. The van der Waals surface area contributed by atoms with E-state index >= 15 is 0 Å². The van der Waals surface area contributed by atoms with E-state index in [1.807, 2.05) is 0 Å². The summed E-state index contributed by atoms with van der Waals surface area (Å²) < 4.78 is 37.6. The third kappa shape index (κ3) is 2.60. The Kier molecular flexibility index (Phi) is 3.50. The first-order valence-electron chi connectivity index (χ1n) is 4.87. The second-order valence-corrected chi connectivity index (χ2v) is 4.34. The van der Waals surface area contributed by atoms with Crippen molar-refractivity contribution in [2.24, 2.45) is 0 Å². The van der Waals surface area contributed by atoms with E-state index in [0.717, 1.165) is 12.1 Å². The molecule has 1 heterocycles. The van der Waals surface area contributed by atoms with Gasteiger partial charge in [-0.2, -0.15) is 13.2 Å². The van der Waals surface area contributed by atoms with Gasteiger partial charge in [0.25, 0.3) is 0 Å². The highest BCUT2D eigenvalue weighted by molar-refractivity contribution is 6.39. The summed E-state index contributed by atoms with van der Waals surface area (Å²) in [5.41, 5.74) is -0.148. The minimum Gasteiger partial charge on any atom is -0.256 e. The highest BCUT2D eigenvalue weighted by atomic mass is 35.5. The SMILES string of the molecule is FC(F)(F)c1cc(Cl)c(-c2ccccn2)c(Cl)c1. The predicted octanol–water partition coefficient (Wildman–Crippen LogP) is 5.07. The largest absolute Gasteiger partial charge is 0.416 e. The van der Waals surface area contributed by atoms with E-state index in [1.165, 1.54) is 6.20 Å². The van der Waals surface area contributed by atoms with Gasteiger partial charge in [0.05, 0.1) is 21.3 Å². The monoisotopic (exact) mass is 291 g/mol. The van der Waals surface area contributed by atoms with Gasteiger partial charge in [0, 0.05) is 11.8 Å². The van der Waals surface area contributed by atoms with Crippen molar-refractivity contribution in [1.29, 1.82) is 0 Å². The highest BCUT2D eigenvalue weighted by Crippen LogP contribution is 2.39. The Morgan fingerprint density at radius 2 is 1.61 bits per heavy atom. The number of hydrogen-bond acceptors (Lipinski definition) is 1. The molecule has 0 aliphatic heterocycles. The van der Waals surface area contributed by atoms with Gasteiger partial charge in [-0.15, -0.1) is 0 Å². The number of hydrogen-bond donors (Lipinski definition) is 0. The van der Waals surface area contributed by atoms with Crippen LogP contribution in [0.15, 0.2) is 36.5 Å². The van der Waals surface area contributed by atoms with Crippen LogP contribution in [0.5, 0.6) is 0 Å². The number of benzene rings is 1. The Morgan fingerprint density at radius 3 is 2.06 bits per heavy atom. The van der Waals surface area contributed by atoms with Crippen LogP contribution in [0.1, 0.15) is 5.56 Å². The topological polar surface area (TPSA) is 12.9 Å². The fourth-order valence-electron chi connectivity index (χ4n) is 1.49. The van der Waals surface area contributed by atoms with Gasteiger partial charge >= 0.3 is 6.18 Å². The van der Waals surface area contributed by atoms with Crippen molar-refractivity contribution < 1.29 is 13.2 Å². The molecule has 2 aromatic rings. The summed E-state index contributed by atoms with van der Waals surface area (Å²) in [6, 6.07) is 6.71. The van der Waals surface area contributed by atoms with Crippen molar-refractivity contribution in [3.8, 4) is 11.3 Å². The lowest BCUT2D eigenvalue weighted by Crippen LogP contribution is -2.05. The van der Waals surface area contributed by atoms with Gasteiger partial charge in [-0.1, -0.05) is 29.3 Å². The summed E-state index contributed by atoms with van der Waals surface area (Å²) in [7, 11) is 0. The Balaban J connectivity index is 2.59. The third-order valence-corrected chi connectivity index (χ3v) is 2.89. The average Bonchev–Trinajstić information content (AvgIpc) is 2.28. The number of nitrogens with zero attached hydrogens (tertiary/aromatic N) is 1. The minimum atomic E-state index is -4.48. The molecule has 1 aromatic heterocycles. The molecule has 0 bridgehead atoms. The maximum atomic E-state index is 12.5. The van der Waals surface area contributed by atoms with Crippen molar-refractivity contribution in [2.45, 2.75) is 6.18 Å². The predicted molar refractivity (Wildman–Crippen MR) is 64.7 cm³/mol. The van der Waals surface area contributed by atoms with Crippen molar-refractivity contribution in [3.05, 3.63) is 52.1 Å². The smallest absolute Gasteiger partial charge is 0.256 e. The molecule has 0 amide bonds. The van der Waals surface area contributed by atoms with Crippen LogP contribution in [0.2, 0.25) is 10.0 Å². The number of alkyl halides is 3. The number of pyridine rings is 1. The summed E-state index contributed by atoms with van der Waals surface area (Å²) in [5.74, 6) is 0. The van der Waals surface area contributed by atoms with Gasteiger partial charge in [-0.3, -0.25) is 4.98 Å². The molecular weight excluding hydrogens is 286 g/mol. The Bertz CT molecular complexity index is 544. The lowest BCUT2D eigenvalue weighted by Gasteiger charge is -2.11. The van der Waals surface area contributed by atoms with Crippen LogP contribution >= 0.6 is 23.2 Å². The average molecular weight is 292 g/mol. The fraction of sp³-hybridized carbons (Fsp3) is 0.0833. The van der Waals surface area contributed by atoms with Gasteiger partial charge in [0.15, 0.2) is 0 Å². The molecule has 0 saturated carbocycles. The third-order valence-electron chi connectivity index (χ3n) is 2.29. The van der Waals surface area contributed by atoms with Crippen molar-refractivity contribution in [3.63, 3.8) is 0 Å². The van der Waals surface area contributed by atoms with E-state index in [1.54, 1.807) is 18.2 Å². The molecule has 18 heavy (non-hydrogen) atoms. The maximum absolute atomic E-state index is 12.5. The number of halogens is 5. The Morgan fingerprint density at radius 1 is 1.00 bits per heavy atom. The van der Waals surface area contributed by atoms with E-state index in [9.17, 15) is 13.2 Å². The maximum Gasteiger partial charge on any atom is 0.416 e. The number of aromatic nitrogens is 1. The van der Waals surface area contributed by atoms with Crippen LogP contribution in [0.4, 0.5) is 13.2 Å². The quantitative estimate of drug-likeness (QED) is 0.714. The van der Waals surface area contributed by atoms with E-state index < -0.39 is 11.7 Å². The molecule has 0 atom stereocenters. The first kappa shape index (κ1) is 13.2. The zero-order valence-electron chi connectivity index (χ0n) is 8.80. The zero-order valence-corrected chi connectivity index (χ0v) is 10.3. The molecule has 0 saturated heterocycles. The lowest BCUT2D eigenvalue weighted by molar-refractivity contribution is -0.137. The van der Waals surface area contributed by atoms with Gasteiger partial charge in [-0.25, -0.2) is 0 Å². The molecule has 6 heteroatoms. The van der Waals surface area contributed by atoms with Crippen LogP contribution in [-0.2, 0) is 6.18 Å². The lowest BCUT2D eigenvalue weighted by atomic mass is 10.1. The van der Waals surface area contributed by atoms with E-state index in [4.69, 9.17) is 23.2 Å². The standard InChI is InChI=1S/C12H6Cl2F3N/c13-8-5-7(12(15,16)17)6-9(14)11(8)10-3-1-2-4-18-10/h1-6H. The van der Waals surface area contributed by atoms with E-state index in [2.05, 4.69) is 4.98 Å². The van der Waals surface area contributed by atoms with Crippen LogP contribution in [-0.4, -0.2) is 4.98 Å². The molecule has 0 unspecified atom stereocenters. The molecule has 1 aromatic carbocycles. The second kappa shape index (κ2) is 4.78. The van der Waals surface area contributed by atoms with Crippen molar-refractivity contribution in [1.82, 2.24) is 4.98 Å². The molecule has 0 aliphatic carbocycles. The van der Waals surface area contributed by atoms with Gasteiger partial charge < -0.3 is 0 Å². The van der Waals surface area contributed by atoms with Crippen LogP contribution in [0.3, 0.4) is 0 Å². The highest BCUT2D eigenvalue weighted by Gasteiger charge is 2.32. The number of rotatable bonds is 1. The first-order valence-corrected chi connectivity index (χ1v) is 5.63. The molecule has 0 aliphatic rings.